The van der Waals surface area contributed by atoms with Crippen LogP contribution in [0.15, 0.2) is 63.6 Å². The minimum absolute atomic E-state index is 0.0370. The number of hydrogen-bond donors (Lipinski definition) is 0. The highest BCUT2D eigenvalue weighted by Crippen LogP contribution is 2.42. The molecule has 23 heavy (non-hydrogen) atoms. The number of allylic oxidation sites excluding steroid dienone is 4. The van der Waals surface area contributed by atoms with Gasteiger partial charge in [-0.1, -0.05) is 39.0 Å². The van der Waals surface area contributed by atoms with Crippen molar-refractivity contribution in [3.63, 3.8) is 0 Å². The normalized spacial score (nSPS) is 32.0. The summed E-state index contributed by atoms with van der Waals surface area (Å²) in [6.45, 7) is 11.4. The Morgan fingerprint density at radius 2 is 1.83 bits per heavy atom. The van der Waals surface area contributed by atoms with Gasteiger partial charge < -0.3 is 0 Å². The first kappa shape index (κ1) is 15.9. The summed E-state index contributed by atoms with van der Waals surface area (Å²) < 4.78 is 0. The van der Waals surface area contributed by atoms with Crippen molar-refractivity contribution in [3.8, 4) is 0 Å². The summed E-state index contributed by atoms with van der Waals surface area (Å²) in [5.41, 5.74) is 5.83. The zero-order valence-corrected chi connectivity index (χ0v) is 14.8. The molecule has 1 aliphatic carbocycles. The largest absolute Gasteiger partial charge is 0.278 e. The van der Waals surface area contributed by atoms with Gasteiger partial charge in [0.1, 0.15) is 0 Å². The summed E-state index contributed by atoms with van der Waals surface area (Å²) in [6, 6.07) is 10.2. The lowest BCUT2D eigenvalue weighted by Gasteiger charge is -2.42. The van der Waals surface area contributed by atoms with Gasteiger partial charge in [0.15, 0.2) is 0 Å². The van der Waals surface area contributed by atoms with E-state index in [2.05, 4.69) is 46.8 Å². The van der Waals surface area contributed by atoms with E-state index < -0.39 is 0 Å². The molecule has 1 aromatic rings. The van der Waals surface area contributed by atoms with Crippen LogP contribution in [0, 0.1) is 11.8 Å². The number of fused-ring (bicyclic) bond motifs is 1. The third-order valence-electron chi connectivity index (χ3n) is 5.63. The standard InChI is InChI=1S/C21H26N2/c1-6-21(5)16(4)15(3)19-13-18(12-14(2)20(19)23-21)22-17-10-8-7-9-11-17/h7-13,15-16H,6H2,1-5H3. The Bertz CT molecular complexity index is 721. The second kappa shape index (κ2) is 5.92. The van der Waals surface area contributed by atoms with Gasteiger partial charge in [-0.2, -0.15) is 0 Å². The maximum Gasteiger partial charge on any atom is 0.0646 e. The fraction of sp³-hybridized carbons (Fsp3) is 0.429. The molecule has 0 fully saturated rings. The maximum atomic E-state index is 5.13. The van der Waals surface area contributed by atoms with Crippen LogP contribution in [-0.4, -0.2) is 17.0 Å². The summed E-state index contributed by atoms with van der Waals surface area (Å²) >= 11 is 0. The first-order chi connectivity index (χ1) is 10.9. The predicted octanol–water partition coefficient (Wildman–Crippen LogP) is 5.54. The van der Waals surface area contributed by atoms with Crippen molar-refractivity contribution in [2.45, 2.75) is 46.6 Å². The highest BCUT2D eigenvalue weighted by Gasteiger charge is 2.40. The summed E-state index contributed by atoms with van der Waals surface area (Å²) in [5.74, 6) is 1.03. The molecule has 3 rings (SSSR count). The second-order valence-electron chi connectivity index (χ2n) is 7.05. The van der Waals surface area contributed by atoms with E-state index in [9.17, 15) is 0 Å². The minimum atomic E-state index is 0.0370. The molecule has 3 unspecified atom stereocenters. The molecule has 1 aromatic carbocycles. The molecule has 0 bridgehead atoms. The van der Waals surface area contributed by atoms with E-state index in [1.54, 1.807) is 0 Å². The number of para-hydroxylation sites is 1. The van der Waals surface area contributed by atoms with Gasteiger partial charge in [-0.05, 0) is 67.5 Å². The lowest BCUT2D eigenvalue weighted by atomic mass is 9.69. The van der Waals surface area contributed by atoms with Gasteiger partial charge in [-0.15, -0.1) is 0 Å². The van der Waals surface area contributed by atoms with E-state index >= 15 is 0 Å². The summed E-state index contributed by atoms with van der Waals surface area (Å²) in [4.78, 5) is 9.92. The van der Waals surface area contributed by atoms with Gasteiger partial charge in [-0.3, -0.25) is 4.99 Å². The average molecular weight is 306 g/mol. The Balaban J connectivity index is 2.06. The number of hydrogen-bond acceptors (Lipinski definition) is 2. The van der Waals surface area contributed by atoms with Crippen molar-refractivity contribution in [3.05, 3.63) is 53.6 Å². The molecule has 120 valence electrons. The number of aliphatic imine (C=N–C) groups is 2. The van der Waals surface area contributed by atoms with E-state index in [1.165, 1.54) is 16.9 Å². The molecule has 0 N–H and O–H groups in total. The SMILES string of the molecule is CCC1(C)N=C2C(C)=CC(=Nc3ccccc3)C=C2C(C)C1C. The highest BCUT2D eigenvalue weighted by molar-refractivity contribution is 6.24. The molecule has 0 aromatic heterocycles. The van der Waals surface area contributed by atoms with Gasteiger partial charge in [0, 0.05) is 0 Å². The first-order valence-electron chi connectivity index (χ1n) is 8.59. The second-order valence-corrected chi connectivity index (χ2v) is 7.05. The van der Waals surface area contributed by atoms with E-state index in [4.69, 9.17) is 9.98 Å². The van der Waals surface area contributed by atoms with Gasteiger partial charge in [0.25, 0.3) is 0 Å². The average Bonchev–Trinajstić information content (AvgIpc) is 2.55. The molecule has 0 amide bonds. The zero-order valence-electron chi connectivity index (χ0n) is 14.8. The molecule has 0 spiro atoms. The van der Waals surface area contributed by atoms with Crippen molar-refractivity contribution in [2.24, 2.45) is 21.8 Å². The molecule has 0 saturated carbocycles. The minimum Gasteiger partial charge on any atom is -0.278 e. The van der Waals surface area contributed by atoms with Crippen LogP contribution < -0.4 is 0 Å². The molecule has 0 radical (unpaired) electrons. The van der Waals surface area contributed by atoms with Gasteiger partial charge in [-0.25, -0.2) is 4.99 Å². The van der Waals surface area contributed by atoms with Crippen molar-refractivity contribution in [2.75, 3.05) is 0 Å². The van der Waals surface area contributed by atoms with Crippen LogP contribution in [0.5, 0.6) is 0 Å². The van der Waals surface area contributed by atoms with Crippen molar-refractivity contribution >= 4 is 17.1 Å². The Kier molecular flexibility index (Phi) is 4.09. The van der Waals surface area contributed by atoms with Crippen LogP contribution in [0.2, 0.25) is 0 Å². The van der Waals surface area contributed by atoms with Crippen LogP contribution >= 0.6 is 0 Å². The Hall–Kier alpha value is -1.96. The van der Waals surface area contributed by atoms with Gasteiger partial charge in [0.05, 0.1) is 22.6 Å². The molecular formula is C21H26N2. The fourth-order valence-corrected chi connectivity index (χ4v) is 3.57. The van der Waals surface area contributed by atoms with E-state index in [-0.39, 0.29) is 5.54 Å². The van der Waals surface area contributed by atoms with Crippen molar-refractivity contribution in [1.29, 1.82) is 0 Å². The molecule has 2 nitrogen and oxygen atoms in total. The third-order valence-corrected chi connectivity index (χ3v) is 5.63. The number of benzene rings is 1. The Morgan fingerprint density at radius 1 is 1.13 bits per heavy atom. The van der Waals surface area contributed by atoms with Crippen molar-refractivity contribution < 1.29 is 0 Å². The van der Waals surface area contributed by atoms with Gasteiger partial charge >= 0.3 is 0 Å². The number of nitrogens with zero attached hydrogens (tertiary/aromatic N) is 2. The highest BCUT2D eigenvalue weighted by atomic mass is 14.9. The Morgan fingerprint density at radius 3 is 2.48 bits per heavy atom. The summed E-state index contributed by atoms with van der Waals surface area (Å²) in [7, 11) is 0. The molecule has 2 aliphatic rings. The van der Waals surface area contributed by atoms with E-state index in [1.807, 2.05) is 30.3 Å². The van der Waals surface area contributed by atoms with Crippen LogP contribution in [0.25, 0.3) is 0 Å². The monoisotopic (exact) mass is 306 g/mol. The van der Waals surface area contributed by atoms with Crippen LogP contribution in [0.4, 0.5) is 5.69 Å². The predicted molar refractivity (Wildman–Crippen MR) is 99.8 cm³/mol. The van der Waals surface area contributed by atoms with E-state index in [0.717, 1.165) is 17.8 Å². The Labute approximate surface area is 139 Å². The lowest BCUT2D eigenvalue weighted by Crippen LogP contribution is -2.42. The summed E-state index contributed by atoms with van der Waals surface area (Å²) in [5, 5.41) is 0. The maximum absolute atomic E-state index is 5.13. The molecule has 1 aliphatic heterocycles. The van der Waals surface area contributed by atoms with E-state index in [0.29, 0.717) is 11.8 Å². The molecular weight excluding hydrogens is 280 g/mol. The summed E-state index contributed by atoms with van der Waals surface area (Å²) in [6.07, 6.45) is 5.47. The number of rotatable bonds is 2. The molecule has 1 heterocycles. The van der Waals surface area contributed by atoms with Crippen LogP contribution in [-0.2, 0) is 0 Å². The van der Waals surface area contributed by atoms with Crippen LogP contribution in [0.3, 0.4) is 0 Å². The quantitative estimate of drug-likeness (QED) is 0.641. The van der Waals surface area contributed by atoms with Crippen molar-refractivity contribution in [1.82, 2.24) is 0 Å². The van der Waals surface area contributed by atoms with Crippen LogP contribution in [0.1, 0.15) is 41.0 Å². The zero-order chi connectivity index (χ0) is 16.6. The third kappa shape index (κ3) is 2.83. The molecule has 2 heteroatoms. The lowest BCUT2D eigenvalue weighted by molar-refractivity contribution is 0.245. The molecule has 3 atom stereocenters. The first-order valence-corrected chi connectivity index (χ1v) is 8.59. The fourth-order valence-electron chi connectivity index (χ4n) is 3.57. The molecule has 0 saturated heterocycles. The van der Waals surface area contributed by atoms with Gasteiger partial charge in [0.2, 0.25) is 0 Å². The topological polar surface area (TPSA) is 24.7 Å². The smallest absolute Gasteiger partial charge is 0.0646 e.